The molecule has 0 saturated heterocycles. The first kappa shape index (κ1) is 13.4. The molecule has 0 N–H and O–H groups in total. The van der Waals surface area contributed by atoms with Crippen molar-refractivity contribution in [1.82, 2.24) is 0 Å². The number of hydrogen-bond donors (Lipinski definition) is 0. The molecule has 0 bridgehead atoms. The van der Waals surface area contributed by atoms with Crippen LogP contribution >= 0.6 is 0 Å². The van der Waals surface area contributed by atoms with Gasteiger partial charge in [0, 0.05) is 5.75 Å². The summed E-state index contributed by atoms with van der Waals surface area (Å²) in [5.41, 5.74) is 0. The summed E-state index contributed by atoms with van der Waals surface area (Å²) in [7, 11) is 0. The standard InChI is InChI=1S/C6H12O2S.Na/c1-3-4-6(2)5-9(7)8;/h3,6H,1,4-5H2,2H3,(H,7,8);/q;+1/p-1/t6-;/m0./s1. The molecular formula is C6H11NaO2S. The van der Waals surface area contributed by atoms with Crippen LogP contribution in [-0.4, -0.2) is 14.5 Å². The average Bonchev–Trinajstić information content (AvgIpc) is 1.63. The van der Waals surface area contributed by atoms with E-state index in [1.807, 2.05) is 6.92 Å². The van der Waals surface area contributed by atoms with Gasteiger partial charge >= 0.3 is 29.6 Å². The van der Waals surface area contributed by atoms with Gasteiger partial charge in [-0.2, -0.15) is 0 Å². The summed E-state index contributed by atoms with van der Waals surface area (Å²) in [6.07, 6.45) is 2.51. The minimum atomic E-state index is -1.89. The summed E-state index contributed by atoms with van der Waals surface area (Å²) in [4.78, 5) is 0. The van der Waals surface area contributed by atoms with Crippen molar-refractivity contribution in [3.05, 3.63) is 12.7 Å². The predicted molar refractivity (Wildman–Crippen MR) is 37.8 cm³/mol. The molecule has 0 aromatic rings. The topological polar surface area (TPSA) is 40.1 Å². The molecule has 0 radical (unpaired) electrons. The van der Waals surface area contributed by atoms with Crippen LogP contribution in [0.1, 0.15) is 13.3 Å². The third kappa shape index (κ3) is 8.85. The van der Waals surface area contributed by atoms with Gasteiger partial charge < -0.3 is 4.55 Å². The fourth-order valence-electron chi connectivity index (χ4n) is 0.585. The second-order valence-corrected chi connectivity index (χ2v) is 3.04. The number of hydrogen-bond acceptors (Lipinski definition) is 2. The maximum Gasteiger partial charge on any atom is 1.00 e. The first-order valence-corrected chi connectivity index (χ1v) is 4.08. The molecule has 54 valence electrons. The predicted octanol–water partition coefficient (Wildman–Crippen LogP) is -1.92. The number of rotatable bonds is 4. The Morgan fingerprint density at radius 2 is 2.30 bits per heavy atom. The van der Waals surface area contributed by atoms with Gasteiger partial charge in [-0.1, -0.05) is 24.1 Å². The summed E-state index contributed by atoms with van der Waals surface area (Å²) < 4.78 is 20.1. The van der Waals surface area contributed by atoms with Gasteiger partial charge in [0.15, 0.2) is 0 Å². The molecule has 0 spiro atoms. The second kappa shape index (κ2) is 7.95. The van der Waals surface area contributed by atoms with Crippen LogP contribution in [0.5, 0.6) is 0 Å². The van der Waals surface area contributed by atoms with E-state index in [-0.39, 0.29) is 41.2 Å². The molecule has 0 aliphatic heterocycles. The molecule has 0 rings (SSSR count). The van der Waals surface area contributed by atoms with Crippen molar-refractivity contribution in [1.29, 1.82) is 0 Å². The molecule has 2 nitrogen and oxygen atoms in total. The first-order valence-electron chi connectivity index (χ1n) is 2.83. The van der Waals surface area contributed by atoms with Crippen LogP contribution in [0.3, 0.4) is 0 Å². The molecular weight excluding hydrogens is 159 g/mol. The van der Waals surface area contributed by atoms with Gasteiger partial charge in [-0.15, -0.1) is 6.58 Å². The summed E-state index contributed by atoms with van der Waals surface area (Å²) >= 11 is -1.89. The van der Waals surface area contributed by atoms with Gasteiger partial charge in [0.25, 0.3) is 0 Å². The van der Waals surface area contributed by atoms with E-state index in [9.17, 15) is 8.76 Å². The monoisotopic (exact) mass is 170 g/mol. The molecule has 0 aromatic heterocycles. The van der Waals surface area contributed by atoms with Gasteiger partial charge in [0.1, 0.15) is 0 Å². The van der Waals surface area contributed by atoms with Crippen molar-refractivity contribution in [3.63, 3.8) is 0 Å². The van der Waals surface area contributed by atoms with Gasteiger partial charge in [-0.05, 0) is 12.3 Å². The third-order valence-electron chi connectivity index (χ3n) is 0.990. The molecule has 0 aliphatic rings. The van der Waals surface area contributed by atoms with Crippen LogP contribution in [0.2, 0.25) is 0 Å². The van der Waals surface area contributed by atoms with Crippen LogP contribution in [0.25, 0.3) is 0 Å². The van der Waals surface area contributed by atoms with E-state index in [1.165, 1.54) is 0 Å². The fraction of sp³-hybridized carbons (Fsp3) is 0.667. The van der Waals surface area contributed by atoms with Gasteiger partial charge in [0.2, 0.25) is 0 Å². The zero-order valence-corrected chi connectivity index (χ0v) is 9.32. The van der Waals surface area contributed by atoms with Crippen LogP contribution in [-0.2, 0) is 11.1 Å². The Balaban J connectivity index is 0. The van der Waals surface area contributed by atoms with Crippen molar-refractivity contribution in [2.24, 2.45) is 5.92 Å². The molecule has 0 heterocycles. The summed E-state index contributed by atoms with van der Waals surface area (Å²) in [6.45, 7) is 5.39. The van der Waals surface area contributed by atoms with Crippen molar-refractivity contribution >= 4 is 11.1 Å². The maximum absolute atomic E-state index is 10.1. The zero-order chi connectivity index (χ0) is 7.28. The normalized spacial score (nSPS) is 15.0. The van der Waals surface area contributed by atoms with Crippen LogP contribution < -0.4 is 29.6 Å². The SMILES string of the molecule is C=CC[C@H](C)CS(=O)[O-].[Na+]. The van der Waals surface area contributed by atoms with Crippen molar-refractivity contribution < 1.29 is 38.3 Å². The van der Waals surface area contributed by atoms with E-state index in [1.54, 1.807) is 6.08 Å². The Morgan fingerprint density at radius 3 is 2.60 bits per heavy atom. The van der Waals surface area contributed by atoms with E-state index >= 15 is 0 Å². The van der Waals surface area contributed by atoms with E-state index in [0.29, 0.717) is 0 Å². The Labute approximate surface area is 86.7 Å². The molecule has 0 fully saturated rings. The molecule has 2 atom stereocenters. The second-order valence-electron chi connectivity index (χ2n) is 2.10. The van der Waals surface area contributed by atoms with Gasteiger partial charge in [0.05, 0.1) is 0 Å². The summed E-state index contributed by atoms with van der Waals surface area (Å²) in [6, 6.07) is 0. The van der Waals surface area contributed by atoms with Crippen molar-refractivity contribution in [2.45, 2.75) is 13.3 Å². The Hall–Kier alpha value is 0.850. The zero-order valence-electron chi connectivity index (χ0n) is 6.50. The first-order chi connectivity index (χ1) is 4.16. The molecule has 10 heavy (non-hydrogen) atoms. The van der Waals surface area contributed by atoms with E-state index in [2.05, 4.69) is 6.58 Å². The summed E-state index contributed by atoms with van der Waals surface area (Å²) in [5, 5.41) is 0. The maximum atomic E-state index is 10.1. The molecule has 0 saturated carbocycles. The van der Waals surface area contributed by atoms with Crippen LogP contribution in [0.15, 0.2) is 12.7 Å². The fourth-order valence-corrected chi connectivity index (χ4v) is 1.19. The minimum absolute atomic E-state index is 0. The number of allylic oxidation sites excluding steroid dienone is 1. The van der Waals surface area contributed by atoms with E-state index in [4.69, 9.17) is 0 Å². The van der Waals surface area contributed by atoms with Gasteiger partial charge in [-0.25, -0.2) is 0 Å². The molecule has 0 aliphatic carbocycles. The molecule has 0 aromatic carbocycles. The van der Waals surface area contributed by atoms with E-state index in [0.717, 1.165) is 6.42 Å². The van der Waals surface area contributed by atoms with Gasteiger partial charge in [-0.3, -0.25) is 4.21 Å². The molecule has 1 unspecified atom stereocenters. The Kier molecular flexibility index (Phi) is 10.7. The third-order valence-corrected chi connectivity index (χ3v) is 1.83. The molecule has 0 amide bonds. The smallest absolute Gasteiger partial charge is 0.772 e. The summed E-state index contributed by atoms with van der Waals surface area (Å²) in [5.74, 6) is 0.451. The minimum Gasteiger partial charge on any atom is -0.772 e. The average molecular weight is 170 g/mol. The van der Waals surface area contributed by atoms with E-state index < -0.39 is 11.1 Å². The van der Waals surface area contributed by atoms with Crippen molar-refractivity contribution in [2.75, 3.05) is 5.75 Å². The van der Waals surface area contributed by atoms with Crippen LogP contribution in [0, 0.1) is 5.92 Å². The Morgan fingerprint density at radius 1 is 1.80 bits per heavy atom. The largest absolute Gasteiger partial charge is 1.00 e. The van der Waals surface area contributed by atoms with Crippen molar-refractivity contribution in [3.8, 4) is 0 Å². The molecule has 4 heteroatoms. The Bertz CT molecular complexity index is 116. The van der Waals surface area contributed by atoms with Crippen LogP contribution in [0.4, 0.5) is 0 Å². The quantitative estimate of drug-likeness (QED) is 0.280.